The second kappa shape index (κ2) is 9.68. The molecule has 2 aromatic heterocycles. The molecule has 1 N–H and O–H groups in total. The van der Waals surface area contributed by atoms with E-state index in [0.717, 1.165) is 10.7 Å². The number of carbonyl (C=O) groups is 1. The number of rotatable bonds is 7. The lowest BCUT2D eigenvalue weighted by molar-refractivity contribution is 0.0953. The lowest BCUT2D eigenvalue weighted by atomic mass is 10.2. The number of carbonyl (C=O) groups excluding carboxylic acids is 1. The fourth-order valence-electron chi connectivity index (χ4n) is 2.87. The summed E-state index contributed by atoms with van der Waals surface area (Å²) in [6.07, 6.45) is 2.23. The van der Waals surface area contributed by atoms with E-state index in [0.29, 0.717) is 34.3 Å². The number of benzene rings is 2. The molecule has 0 bridgehead atoms. The number of furan rings is 1. The summed E-state index contributed by atoms with van der Waals surface area (Å²) in [5.74, 6) is 0.628. The number of nitrogens with zero attached hydrogens (tertiary/aromatic N) is 2. The molecule has 2 heterocycles. The minimum Gasteiger partial charge on any atom is -0.469 e. The first-order valence-corrected chi connectivity index (χ1v) is 10.7. The molecule has 4 rings (SSSR count). The minimum atomic E-state index is -0.254. The molecule has 0 spiro atoms. The largest absolute Gasteiger partial charge is 0.469 e. The number of hydrogen-bond donors (Lipinski definition) is 1. The van der Waals surface area contributed by atoms with Crippen molar-refractivity contribution in [1.29, 1.82) is 0 Å². The summed E-state index contributed by atoms with van der Waals surface area (Å²) >= 11 is 7.35. The van der Waals surface area contributed by atoms with E-state index < -0.39 is 0 Å². The van der Waals surface area contributed by atoms with E-state index >= 15 is 0 Å². The van der Waals surface area contributed by atoms with E-state index in [1.807, 2.05) is 24.3 Å². The lowest BCUT2D eigenvalue weighted by Gasteiger charge is -2.08. The van der Waals surface area contributed by atoms with Crippen LogP contribution in [0.4, 0.5) is 0 Å². The van der Waals surface area contributed by atoms with Crippen LogP contribution in [-0.2, 0) is 6.42 Å². The Kier molecular flexibility index (Phi) is 6.54. The molecule has 8 heteroatoms. The standard InChI is InChI=1S/C23H18ClN3O3S/c24-17-5-9-20(10-6-17)31-21-11-12-22(28)27(26-21)18-7-3-16(4-8-18)23(29)25-14-13-19-2-1-15-30-19/h1-12,15H,13-14H2,(H,25,29). The van der Waals surface area contributed by atoms with Gasteiger partial charge in [-0.3, -0.25) is 9.59 Å². The SMILES string of the molecule is O=C(NCCc1ccco1)c1ccc(-n2nc(Sc3ccc(Cl)cc3)ccc2=O)cc1. The molecule has 4 aromatic rings. The van der Waals surface area contributed by atoms with Crippen LogP contribution in [0.5, 0.6) is 0 Å². The normalized spacial score (nSPS) is 10.7. The third kappa shape index (κ3) is 5.45. The van der Waals surface area contributed by atoms with Gasteiger partial charge in [-0.1, -0.05) is 23.4 Å². The maximum absolute atomic E-state index is 12.3. The summed E-state index contributed by atoms with van der Waals surface area (Å²) in [5.41, 5.74) is 0.828. The Bertz CT molecular complexity index is 1220. The Morgan fingerprint density at radius 2 is 1.81 bits per heavy atom. The summed E-state index contributed by atoms with van der Waals surface area (Å²) in [7, 11) is 0. The first kappa shape index (κ1) is 21.0. The van der Waals surface area contributed by atoms with Gasteiger partial charge in [0.2, 0.25) is 0 Å². The molecule has 0 unspecified atom stereocenters. The number of hydrogen-bond acceptors (Lipinski definition) is 5. The topological polar surface area (TPSA) is 77.1 Å². The maximum Gasteiger partial charge on any atom is 0.271 e. The Morgan fingerprint density at radius 1 is 1.03 bits per heavy atom. The molecule has 0 aliphatic carbocycles. The highest BCUT2D eigenvalue weighted by Gasteiger charge is 2.09. The van der Waals surface area contributed by atoms with Gasteiger partial charge in [-0.05, 0) is 66.7 Å². The third-order valence-electron chi connectivity index (χ3n) is 4.42. The fourth-order valence-corrected chi connectivity index (χ4v) is 3.77. The quantitative estimate of drug-likeness (QED) is 0.444. The van der Waals surface area contributed by atoms with Gasteiger partial charge in [0.1, 0.15) is 10.8 Å². The summed E-state index contributed by atoms with van der Waals surface area (Å²) < 4.78 is 6.57. The van der Waals surface area contributed by atoms with Gasteiger partial charge in [-0.25, -0.2) is 0 Å². The molecule has 0 radical (unpaired) electrons. The van der Waals surface area contributed by atoms with Crippen LogP contribution in [0.2, 0.25) is 5.02 Å². The lowest BCUT2D eigenvalue weighted by Crippen LogP contribution is -2.25. The summed E-state index contributed by atoms with van der Waals surface area (Å²) in [6, 6.07) is 21.0. The monoisotopic (exact) mass is 451 g/mol. The van der Waals surface area contributed by atoms with Crippen molar-refractivity contribution in [3.63, 3.8) is 0 Å². The predicted octanol–water partition coefficient (Wildman–Crippen LogP) is 4.60. The van der Waals surface area contributed by atoms with Crippen molar-refractivity contribution >= 4 is 29.3 Å². The van der Waals surface area contributed by atoms with Crippen LogP contribution in [0.1, 0.15) is 16.1 Å². The van der Waals surface area contributed by atoms with Crippen LogP contribution in [-0.4, -0.2) is 22.2 Å². The molecule has 6 nitrogen and oxygen atoms in total. The molecule has 0 saturated carbocycles. The van der Waals surface area contributed by atoms with Crippen LogP contribution in [0, 0.1) is 0 Å². The zero-order valence-corrected chi connectivity index (χ0v) is 17.9. The highest BCUT2D eigenvalue weighted by atomic mass is 35.5. The van der Waals surface area contributed by atoms with Crippen molar-refractivity contribution in [2.45, 2.75) is 16.3 Å². The second-order valence-electron chi connectivity index (χ2n) is 6.61. The zero-order valence-electron chi connectivity index (χ0n) is 16.3. The van der Waals surface area contributed by atoms with E-state index in [1.165, 1.54) is 22.5 Å². The van der Waals surface area contributed by atoms with Crippen molar-refractivity contribution in [3.8, 4) is 5.69 Å². The molecule has 31 heavy (non-hydrogen) atoms. The molecule has 156 valence electrons. The first-order valence-electron chi connectivity index (χ1n) is 9.53. The van der Waals surface area contributed by atoms with Crippen molar-refractivity contribution in [1.82, 2.24) is 15.1 Å². The molecule has 2 aromatic carbocycles. The van der Waals surface area contributed by atoms with Crippen molar-refractivity contribution in [2.24, 2.45) is 0 Å². The Balaban J connectivity index is 1.44. The number of aromatic nitrogens is 2. The van der Waals surface area contributed by atoms with Crippen molar-refractivity contribution in [2.75, 3.05) is 6.54 Å². The first-order chi connectivity index (χ1) is 15.1. The highest BCUT2D eigenvalue weighted by Crippen LogP contribution is 2.26. The average Bonchev–Trinajstić information content (AvgIpc) is 3.30. The van der Waals surface area contributed by atoms with E-state index in [2.05, 4.69) is 10.4 Å². The van der Waals surface area contributed by atoms with Gasteiger partial charge in [0.15, 0.2) is 0 Å². The van der Waals surface area contributed by atoms with Gasteiger partial charge < -0.3 is 9.73 Å². The third-order valence-corrected chi connectivity index (χ3v) is 5.61. The van der Waals surface area contributed by atoms with Crippen LogP contribution in [0.15, 0.2) is 98.2 Å². The molecule has 0 fully saturated rings. The Morgan fingerprint density at radius 3 is 2.52 bits per heavy atom. The molecule has 0 atom stereocenters. The number of amides is 1. The predicted molar refractivity (Wildman–Crippen MR) is 120 cm³/mol. The highest BCUT2D eigenvalue weighted by molar-refractivity contribution is 7.99. The summed E-state index contributed by atoms with van der Waals surface area (Å²) in [5, 5.41) is 8.62. The maximum atomic E-state index is 12.3. The van der Waals surface area contributed by atoms with Gasteiger partial charge >= 0.3 is 0 Å². The zero-order chi connectivity index (χ0) is 21.6. The van der Waals surface area contributed by atoms with Crippen LogP contribution < -0.4 is 10.9 Å². The molecule has 0 saturated heterocycles. The number of halogens is 1. The van der Waals surface area contributed by atoms with Gasteiger partial charge in [0, 0.05) is 34.5 Å². The van der Waals surface area contributed by atoms with E-state index in [4.69, 9.17) is 16.0 Å². The minimum absolute atomic E-state index is 0.189. The molecule has 1 amide bonds. The summed E-state index contributed by atoms with van der Waals surface area (Å²) in [4.78, 5) is 25.6. The van der Waals surface area contributed by atoms with Crippen LogP contribution in [0.25, 0.3) is 5.69 Å². The molecule has 0 aliphatic heterocycles. The fraction of sp³-hybridized carbons (Fsp3) is 0.0870. The molecular weight excluding hydrogens is 434 g/mol. The van der Waals surface area contributed by atoms with Crippen LogP contribution >= 0.6 is 23.4 Å². The molecule has 0 aliphatic rings. The van der Waals surface area contributed by atoms with E-state index in [-0.39, 0.29) is 11.5 Å². The van der Waals surface area contributed by atoms with E-state index in [9.17, 15) is 9.59 Å². The van der Waals surface area contributed by atoms with Crippen molar-refractivity contribution in [3.05, 3.63) is 106 Å². The average molecular weight is 452 g/mol. The van der Waals surface area contributed by atoms with E-state index in [1.54, 1.807) is 48.7 Å². The summed E-state index contributed by atoms with van der Waals surface area (Å²) in [6.45, 7) is 0.471. The molecular formula is C23H18ClN3O3S. The smallest absolute Gasteiger partial charge is 0.271 e. The van der Waals surface area contributed by atoms with Crippen LogP contribution in [0.3, 0.4) is 0 Å². The second-order valence-corrected chi connectivity index (χ2v) is 8.14. The Hall–Kier alpha value is -3.29. The Labute approximate surface area is 187 Å². The van der Waals surface area contributed by atoms with Gasteiger partial charge in [0.25, 0.3) is 11.5 Å². The van der Waals surface area contributed by atoms with Gasteiger partial charge in [0.05, 0.1) is 12.0 Å². The van der Waals surface area contributed by atoms with Gasteiger partial charge in [-0.2, -0.15) is 9.78 Å². The number of nitrogens with one attached hydrogen (secondary N) is 1. The van der Waals surface area contributed by atoms with Crippen molar-refractivity contribution < 1.29 is 9.21 Å². The van der Waals surface area contributed by atoms with Gasteiger partial charge in [-0.15, -0.1) is 0 Å².